The Morgan fingerprint density at radius 3 is 2.54 bits per heavy atom. The van der Waals surface area contributed by atoms with Crippen molar-refractivity contribution >= 4 is 33.3 Å². The summed E-state index contributed by atoms with van der Waals surface area (Å²) >= 11 is 1.43. The number of Topliss-reactive ketones (excluding diaryl/α,β-unsaturated/α-hetero) is 1. The number of hydrogen-bond donors (Lipinski definition) is 1. The van der Waals surface area contributed by atoms with E-state index in [2.05, 4.69) is 9.97 Å². The molecule has 0 saturated carbocycles. The van der Waals surface area contributed by atoms with Crippen LogP contribution in [0.3, 0.4) is 0 Å². The molecule has 0 bridgehead atoms. The highest BCUT2D eigenvalue weighted by molar-refractivity contribution is 7.18. The Bertz CT molecular complexity index is 1100. The molecule has 1 atom stereocenters. The maximum absolute atomic E-state index is 12.3. The van der Waals surface area contributed by atoms with Gasteiger partial charge in [-0.1, -0.05) is 0 Å². The normalized spacial score (nSPS) is 12.0. The fourth-order valence-electron chi connectivity index (χ4n) is 2.68. The van der Waals surface area contributed by atoms with Gasteiger partial charge in [0.1, 0.15) is 10.6 Å². The van der Waals surface area contributed by atoms with Gasteiger partial charge >= 0.3 is 5.97 Å². The first-order valence-corrected chi connectivity index (χ1v) is 9.51. The number of ketones is 1. The van der Waals surface area contributed by atoms with Gasteiger partial charge in [0.2, 0.25) is 0 Å². The minimum Gasteiger partial charge on any atom is -0.482 e. The maximum Gasteiger partial charge on any atom is 0.344 e. The second kappa shape index (κ2) is 7.93. The number of nitrogens with one attached hydrogen (secondary N) is 1. The number of rotatable bonds is 6. The molecule has 146 valence electrons. The van der Waals surface area contributed by atoms with E-state index in [1.807, 2.05) is 13.8 Å². The number of fused-ring (bicyclic) bond motifs is 1. The van der Waals surface area contributed by atoms with Gasteiger partial charge in [0.25, 0.3) is 5.56 Å². The number of esters is 1. The lowest BCUT2D eigenvalue weighted by molar-refractivity contribution is -0.151. The molecule has 2 heterocycles. The second-order valence-corrected chi connectivity index (χ2v) is 7.62. The van der Waals surface area contributed by atoms with Crippen molar-refractivity contribution in [2.45, 2.75) is 33.8 Å². The number of aryl methyl sites for hydroxylation is 2. The quantitative estimate of drug-likeness (QED) is 0.502. The van der Waals surface area contributed by atoms with E-state index in [0.717, 1.165) is 10.4 Å². The van der Waals surface area contributed by atoms with Gasteiger partial charge in [-0.25, -0.2) is 9.78 Å². The number of thiophene rings is 1. The van der Waals surface area contributed by atoms with Gasteiger partial charge in [-0.05, 0) is 57.5 Å². The van der Waals surface area contributed by atoms with Crippen molar-refractivity contribution in [3.05, 3.63) is 56.4 Å². The van der Waals surface area contributed by atoms with Crippen LogP contribution in [-0.4, -0.2) is 28.3 Å². The highest BCUT2D eigenvalue weighted by Gasteiger charge is 2.18. The van der Waals surface area contributed by atoms with Crippen molar-refractivity contribution in [3.63, 3.8) is 0 Å². The Balaban J connectivity index is 1.64. The molecule has 0 aliphatic heterocycles. The first-order chi connectivity index (χ1) is 13.3. The van der Waals surface area contributed by atoms with Gasteiger partial charge in [-0.15, -0.1) is 11.3 Å². The van der Waals surface area contributed by atoms with Crippen LogP contribution in [0.15, 0.2) is 29.1 Å². The number of H-pyrrole nitrogens is 1. The van der Waals surface area contributed by atoms with Crippen molar-refractivity contribution in [1.29, 1.82) is 0 Å². The zero-order valence-electron chi connectivity index (χ0n) is 16.0. The van der Waals surface area contributed by atoms with E-state index in [-0.39, 0.29) is 23.8 Å². The van der Waals surface area contributed by atoms with E-state index in [0.29, 0.717) is 21.5 Å². The van der Waals surface area contributed by atoms with E-state index in [1.54, 1.807) is 31.2 Å². The lowest BCUT2D eigenvalue weighted by Gasteiger charge is -2.13. The topological polar surface area (TPSA) is 98.3 Å². The van der Waals surface area contributed by atoms with Crippen molar-refractivity contribution in [2.75, 3.05) is 6.61 Å². The van der Waals surface area contributed by atoms with E-state index in [1.165, 1.54) is 18.3 Å². The average molecular weight is 400 g/mol. The summed E-state index contributed by atoms with van der Waals surface area (Å²) in [6.45, 7) is 6.63. The summed E-state index contributed by atoms with van der Waals surface area (Å²) in [5.41, 5.74) is 1.23. The number of aromatic nitrogens is 2. The molecule has 0 aliphatic carbocycles. The van der Waals surface area contributed by atoms with Crippen molar-refractivity contribution in [2.24, 2.45) is 0 Å². The third kappa shape index (κ3) is 4.12. The molecule has 0 fully saturated rings. The molecule has 28 heavy (non-hydrogen) atoms. The summed E-state index contributed by atoms with van der Waals surface area (Å²) in [4.78, 5) is 44.4. The SMILES string of the molecule is CC(=O)c1ccc(OCC(=O)O[C@@H](C)c2nc3sc(C)c(C)c3c(=O)[nH]2)cc1. The first-order valence-electron chi connectivity index (χ1n) is 8.69. The Kier molecular flexibility index (Phi) is 5.60. The van der Waals surface area contributed by atoms with E-state index >= 15 is 0 Å². The minimum atomic E-state index is -0.726. The molecule has 0 aliphatic rings. The van der Waals surface area contributed by atoms with Crippen LogP contribution < -0.4 is 10.3 Å². The number of nitrogens with zero attached hydrogens (tertiary/aromatic N) is 1. The van der Waals surface area contributed by atoms with E-state index < -0.39 is 12.1 Å². The Morgan fingerprint density at radius 2 is 1.89 bits per heavy atom. The maximum atomic E-state index is 12.3. The van der Waals surface area contributed by atoms with Crippen LogP contribution in [0.2, 0.25) is 0 Å². The van der Waals surface area contributed by atoms with Crippen LogP contribution in [0, 0.1) is 13.8 Å². The molecule has 0 amide bonds. The number of hydrogen-bond acceptors (Lipinski definition) is 7. The van der Waals surface area contributed by atoms with Gasteiger partial charge in [0.15, 0.2) is 24.3 Å². The largest absolute Gasteiger partial charge is 0.482 e. The van der Waals surface area contributed by atoms with Crippen LogP contribution in [0.4, 0.5) is 0 Å². The molecule has 3 rings (SSSR count). The second-order valence-electron chi connectivity index (χ2n) is 6.42. The third-order valence-corrected chi connectivity index (χ3v) is 5.47. The summed E-state index contributed by atoms with van der Waals surface area (Å²) in [6, 6.07) is 6.48. The molecule has 1 aromatic carbocycles. The van der Waals surface area contributed by atoms with Gasteiger partial charge in [0.05, 0.1) is 5.39 Å². The van der Waals surface area contributed by atoms with Crippen molar-refractivity contribution in [1.82, 2.24) is 9.97 Å². The third-order valence-electron chi connectivity index (χ3n) is 4.37. The predicted octanol–water partition coefficient (Wildman–Crippen LogP) is 3.49. The van der Waals surface area contributed by atoms with Crippen LogP contribution in [-0.2, 0) is 9.53 Å². The molecular formula is C20H20N2O5S. The van der Waals surface area contributed by atoms with Crippen LogP contribution in [0.5, 0.6) is 5.75 Å². The average Bonchev–Trinajstić information content (AvgIpc) is 2.94. The van der Waals surface area contributed by atoms with Gasteiger partial charge in [-0.3, -0.25) is 9.59 Å². The molecule has 0 unspecified atom stereocenters. The van der Waals surface area contributed by atoms with Crippen LogP contribution in [0.25, 0.3) is 10.2 Å². The Morgan fingerprint density at radius 1 is 1.21 bits per heavy atom. The van der Waals surface area contributed by atoms with Crippen LogP contribution >= 0.6 is 11.3 Å². The zero-order chi connectivity index (χ0) is 20.4. The molecule has 0 saturated heterocycles. The van der Waals surface area contributed by atoms with E-state index in [9.17, 15) is 14.4 Å². The number of carbonyl (C=O) groups excluding carboxylic acids is 2. The predicted molar refractivity (Wildman–Crippen MR) is 106 cm³/mol. The minimum absolute atomic E-state index is 0.0469. The molecule has 0 spiro atoms. The first kappa shape index (κ1) is 19.8. The lowest BCUT2D eigenvalue weighted by Crippen LogP contribution is -2.20. The fraction of sp³-hybridized carbons (Fsp3) is 0.300. The zero-order valence-corrected chi connectivity index (χ0v) is 16.8. The monoisotopic (exact) mass is 400 g/mol. The van der Waals surface area contributed by atoms with Crippen molar-refractivity contribution < 1.29 is 19.1 Å². The van der Waals surface area contributed by atoms with Gasteiger partial charge in [-0.2, -0.15) is 0 Å². The molecule has 8 heteroatoms. The van der Waals surface area contributed by atoms with Crippen LogP contribution in [0.1, 0.15) is 46.6 Å². The van der Waals surface area contributed by atoms with Gasteiger partial charge < -0.3 is 14.5 Å². The molecule has 2 aromatic heterocycles. The molecular weight excluding hydrogens is 380 g/mol. The highest BCUT2D eigenvalue weighted by atomic mass is 32.1. The van der Waals surface area contributed by atoms with Gasteiger partial charge in [0, 0.05) is 10.4 Å². The fourth-order valence-corrected chi connectivity index (χ4v) is 3.72. The van der Waals surface area contributed by atoms with Crippen molar-refractivity contribution in [3.8, 4) is 5.75 Å². The number of ether oxygens (including phenoxy) is 2. The molecule has 7 nitrogen and oxygen atoms in total. The smallest absolute Gasteiger partial charge is 0.344 e. The lowest BCUT2D eigenvalue weighted by atomic mass is 10.1. The Labute approximate surface area is 165 Å². The number of aromatic amines is 1. The summed E-state index contributed by atoms with van der Waals surface area (Å²) < 4.78 is 10.7. The van der Waals surface area contributed by atoms with E-state index in [4.69, 9.17) is 9.47 Å². The summed E-state index contributed by atoms with van der Waals surface area (Å²) in [7, 11) is 0. The summed E-state index contributed by atoms with van der Waals surface area (Å²) in [6.07, 6.45) is -0.726. The highest BCUT2D eigenvalue weighted by Crippen LogP contribution is 2.26. The molecule has 3 aromatic rings. The number of benzene rings is 1. The summed E-state index contributed by atoms with van der Waals surface area (Å²) in [5.74, 6) is 0.101. The number of carbonyl (C=O) groups is 2. The summed E-state index contributed by atoms with van der Waals surface area (Å²) in [5, 5.41) is 0.571. The standard InChI is InChI=1S/C20H20N2O5S/c1-10-13(4)28-20-17(10)19(25)21-18(22-20)12(3)27-16(24)9-26-15-7-5-14(6-8-15)11(2)23/h5-8,12H,9H2,1-4H3,(H,21,22,25)/t12-/m0/s1. The Hall–Kier alpha value is -3.00. The molecule has 0 radical (unpaired) electrons. The molecule has 1 N–H and O–H groups in total.